The van der Waals surface area contributed by atoms with E-state index < -0.39 is 5.60 Å². The molecule has 0 spiro atoms. The Morgan fingerprint density at radius 2 is 1.85 bits per heavy atom. The fourth-order valence-corrected chi connectivity index (χ4v) is 3.62. The van der Waals surface area contributed by atoms with Gasteiger partial charge in [0.2, 0.25) is 0 Å². The Hall–Kier alpha value is -2.24. The number of benzene rings is 1. The fraction of sp³-hybridized carbons (Fsp3) is 0.600. The predicted molar refractivity (Wildman–Crippen MR) is 98.0 cm³/mol. The normalized spacial score (nSPS) is 21.7. The first-order valence-electron chi connectivity index (χ1n) is 9.30. The van der Waals surface area contributed by atoms with Crippen molar-refractivity contribution in [2.45, 2.75) is 57.7 Å². The summed E-state index contributed by atoms with van der Waals surface area (Å²) in [5.74, 6) is 0. The van der Waals surface area contributed by atoms with Crippen molar-refractivity contribution in [2.24, 2.45) is 0 Å². The van der Waals surface area contributed by atoms with E-state index in [1.165, 1.54) is 5.56 Å². The number of piperidine rings is 1. The lowest BCUT2D eigenvalue weighted by atomic mass is 9.99. The molecule has 0 bridgehead atoms. The van der Waals surface area contributed by atoms with Gasteiger partial charge in [0.25, 0.3) is 0 Å². The summed E-state index contributed by atoms with van der Waals surface area (Å²) in [7, 11) is 0. The summed E-state index contributed by atoms with van der Waals surface area (Å²) in [4.78, 5) is 28.1. The molecular weight excluding hydrogens is 332 g/mol. The Morgan fingerprint density at radius 3 is 2.46 bits per heavy atom. The highest BCUT2D eigenvalue weighted by Crippen LogP contribution is 2.26. The first-order valence-corrected chi connectivity index (χ1v) is 9.30. The van der Waals surface area contributed by atoms with Crippen LogP contribution in [0.3, 0.4) is 0 Å². The predicted octanol–water partition coefficient (Wildman–Crippen LogP) is 3.45. The molecule has 142 valence electrons. The minimum Gasteiger partial charge on any atom is -0.447 e. The summed E-state index contributed by atoms with van der Waals surface area (Å²) in [6.07, 6.45) is 1.78. The number of nitrogens with zero attached hydrogens (tertiary/aromatic N) is 2. The molecule has 2 aliphatic heterocycles. The first-order chi connectivity index (χ1) is 12.3. The highest BCUT2D eigenvalue weighted by atomic mass is 16.6. The fourth-order valence-electron chi connectivity index (χ4n) is 3.62. The molecule has 0 N–H and O–H groups in total. The molecule has 2 amide bonds. The summed E-state index contributed by atoms with van der Waals surface area (Å²) in [6, 6.07) is 10.3. The van der Waals surface area contributed by atoms with Crippen LogP contribution in [0.25, 0.3) is 0 Å². The highest BCUT2D eigenvalue weighted by molar-refractivity contribution is 5.71. The molecule has 0 radical (unpaired) electrons. The van der Waals surface area contributed by atoms with Crippen LogP contribution in [0.5, 0.6) is 0 Å². The van der Waals surface area contributed by atoms with Gasteiger partial charge in [-0.2, -0.15) is 0 Å². The van der Waals surface area contributed by atoms with Gasteiger partial charge in [-0.05, 0) is 45.6 Å². The average Bonchev–Trinajstić information content (AvgIpc) is 2.95. The Kier molecular flexibility index (Phi) is 5.39. The van der Waals surface area contributed by atoms with Crippen LogP contribution < -0.4 is 0 Å². The second kappa shape index (κ2) is 7.56. The third kappa shape index (κ3) is 4.48. The van der Waals surface area contributed by atoms with E-state index in [0.717, 1.165) is 19.3 Å². The maximum absolute atomic E-state index is 12.3. The zero-order valence-electron chi connectivity index (χ0n) is 15.8. The minimum absolute atomic E-state index is 0.0583. The number of ether oxygens (including phenoxy) is 2. The van der Waals surface area contributed by atoms with E-state index in [1.54, 1.807) is 4.90 Å². The SMILES string of the molecule is CC(C)(C)OC(=O)N1CCC(N2C(=O)OC[C@H]2Cc2ccccc2)CC1. The van der Waals surface area contributed by atoms with Crippen molar-refractivity contribution in [3.63, 3.8) is 0 Å². The molecule has 6 heteroatoms. The van der Waals surface area contributed by atoms with Crippen LogP contribution in [-0.4, -0.2) is 59.4 Å². The van der Waals surface area contributed by atoms with E-state index in [-0.39, 0.29) is 24.3 Å². The van der Waals surface area contributed by atoms with E-state index in [0.29, 0.717) is 19.7 Å². The van der Waals surface area contributed by atoms with Crippen LogP contribution >= 0.6 is 0 Å². The average molecular weight is 360 g/mol. The Morgan fingerprint density at radius 1 is 1.19 bits per heavy atom. The molecule has 0 saturated carbocycles. The lowest BCUT2D eigenvalue weighted by Gasteiger charge is -2.38. The second-order valence-corrected chi connectivity index (χ2v) is 8.03. The smallest absolute Gasteiger partial charge is 0.410 e. The van der Waals surface area contributed by atoms with Crippen molar-refractivity contribution in [1.29, 1.82) is 0 Å². The van der Waals surface area contributed by atoms with Gasteiger partial charge in [0.05, 0.1) is 6.04 Å². The number of hydrogen-bond acceptors (Lipinski definition) is 4. The molecule has 26 heavy (non-hydrogen) atoms. The van der Waals surface area contributed by atoms with Gasteiger partial charge in [0, 0.05) is 19.1 Å². The van der Waals surface area contributed by atoms with Gasteiger partial charge in [-0.25, -0.2) is 9.59 Å². The van der Waals surface area contributed by atoms with Crippen LogP contribution in [0.15, 0.2) is 30.3 Å². The van der Waals surface area contributed by atoms with Crippen molar-refractivity contribution < 1.29 is 19.1 Å². The van der Waals surface area contributed by atoms with E-state index in [4.69, 9.17) is 9.47 Å². The van der Waals surface area contributed by atoms with E-state index in [2.05, 4.69) is 12.1 Å². The van der Waals surface area contributed by atoms with Gasteiger partial charge < -0.3 is 14.4 Å². The third-order valence-corrected chi connectivity index (χ3v) is 4.83. The van der Waals surface area contributed by atoms with Crippen LogP contribution in [0.1, 0.15) is 39.2 Å². The molecule has 0 unspecified atom stereocenters. The zero-order chi connectivity index (χ0) is 18.7. The first kappa shape index (κ1) is 18.5. The molecule has 0 aliphatic carbocycles. The largest absolute Gasteiger partial charge is 0.447 e. The molecule has 6 nitrogen and oxygen atoms in total. The molecule has 2 heterocycles. The Balaban J connectivity index is 1.58. The van der Waals surface area contributed by atoms with Crippen LogP contribution in [0, 0.1) is 0 Å². The monoisotopic (exact) mass is 360 g/mol. The second-order valence-electron chi connectivity index (χ2n) is 8.03. The summed E-state index contributed by atoms with van der Waals surface area (Å²) in [6.45, 7) is 7.23. The summed E-state index contributed by atoms with van der Waals surface area (Å²) in [5, 5.41) is 0. The van der Waals surface area contributed by atoms with Crippen molar-refractivity contribution in [3.8, 4) is 0 Å². The van der Waals surface area contributed by atoms with Gasteiger partial charge in [-0.1, -0.05) is 30.3 Å². The molecular formula is C20H28N2O4. The van der Waals surface area contributed by atoms with Gasteiger partial charge in [0.15, 0.2) is 0 Å². The number of carbonyl (C=O) groups is 2. The van der Waals surface area contributed by atoms with E-state index in [9.17, 15) is 9.59 Å². The molecule has 3 rings (SSSR count). The van der Waals surface area contributed by atoms with Crippen molar-refractivity contribution in [1.82, 2.24) is 9.80 Å². The number of hydrogen-bond donors (Lipinski definition) is 0. The van der Waals surface area contributed by atoms with Crippen LogP contribution in [-0.2, 0) is 15.9 Å². The van der Waals surface area contributed by atoms with Gasteiger partial charge in [-0.3, -0.25) is 4.90 Å². The number of cyclic esters (lactones) is 1. The molecule has 1 aromatic rings. The van der Waals surface area contributed by atoms with Crippen LogP contribution in [0.4, 0.5) is 9.59 Å². The lowest BCUT2D eigenvalue weighted by molar-refractivity contribution is 0.0157. The van der Waals surface area contributed by atoms with Gasteiger partial charge >= 0.3 is 12.2 Å². The Labute approximate surface area is 155 Å². The topological polar surface area (TPSA) is 59.1 Å². The maximum atomic E-state index is 12.3. The van der Waals surface area contributed by atoms with E-state index >= 15 is 0 Å². The lowest BCUT2D eigenvalue weighted by Crippen LogP contribution is -2.50. The quantitative estimate of drug-likeness (QED) is 0.828. The molecule has 2 fully saturated rings. The van der Waals surface area contributed by atoms with Gasteiger partial charge in [0.1, 0.15) is 12.2 Å². The Bertz CT molecular complexity index is 633. The van der Waals surface area contributed by atoms with Crippen molar-refractivity contribution in [3.05, 3.63) is 35.9 Å². The maximum Gasteiger partial charge on any atom is 0.410 e. The van der Waals surface area contributed by atoms with E-state index in [1.807, 2.05) is 43.9 Å². The molecule has 2 saturated heterocycles. The number of likely N-dealkylation sites (tertiary alicyclic amines) is 1. The molecule has 0 aromatic heterocycles. The van der Waals surface area contributed by atoms with Crippen LogP contribution in [0.2, 0.25) is 0 Å². The molecule has 1 atom stereocenters. The van der Waals surface area contributed by atoms with Gasteiger partial charge in [-0.15, -0.1) is 0 Å². The number of amides is 2. The van der Waals surface area contributed by atoms with Crippen molar-refractivity contribution >= 4 is 12.2 Å². The summed E-state index contributed by atoms with van der Waals surface area (Å²) in [5.41, 5.74) is 0.708. The van der Waals surface area contributed by atoms with Crippen molar-refractivity contribution in [2.75, 3.05) is 19.7 Å². The minimum atomic E-state index is -0.493. The third-order valence-electron chi connectivity index (χ3n) is 4.83. The zero-order valence-corrected chi connectivity index (χ0v) is 15.8. The standard InChI is InChI=1S/C20H28N2O4/c1-20(2,3)26-18(23)21-11-9-16(10-12-21)22-17(14-25-19(22)24)13-15-7-5-4-6-8-15/h4-8,16-17H,9-14H2,1-3H3/t17-/m1/s1. The molecule has 2 aliphatic rings. The number of rotatable bonds is 3. The highest BCUT2D eigenvalue weighted by Gasteiger charge is 2.40. The summed E-state index contributed by atoms with van der Waals surface area (Å²) >= 11 is 0. The molecule has 1 aromatic carbocycles. The summed E-state index contributed by atoms with van der Waals surface area (Å²) < 4.78 is 10.8. The number of carbonyl (C=O) groups excluding carboxylic acids is 2.